The normalized spacial score (nSPS) is 25.4. The second kappa shape index (κ2) is 6.10. The van der Waals surface area contributed by atoms with Gasteiger partial charge in [-0.15, -0.1) is 0 Å². The molecule has 130 valence electrons. The van der Waals surface area contributed by atoms with E-state index in [0.717, 1.165) is 16.9 Å². The summed E-state index contributed by atoms with van der Waals surface area (Å²) in [6.45, 7) is 5.82. The fourth-order valence-corrected chi connectivity index (χ4v) is 4.06. The van der Waals surface area contributed by atoms with E-state index in [0.29, 0.717) is 11.9 Å². The van der Waals surface area contributed by atoms with Crippen LogP contribution in [0.4, 0.5) is 11.6 Å². The van der Waals surface area contributed by atoms with Crippen LogP contribution in [-0.4, -0.2) is 26.9 Å². The van der Waals surface area contributed by atoms with Crippen LogP contribution in [0, 0.1) is 18.8 Å². The Bertz CT molecular complexity index is 804. The maximum absolute atomic E-state index is 12.4. The van der Waals surface area contributed by atoms with E-state index < -0.39 is 0 Å². The molecule has 1 fully saturated rings. The van der Waals surface area contributed by atoms with E-state index in [4.69, 9.17) is 0 Å². The molecule has 0 aromatic carbocycles. The van der Waals surface area contributed by atoms with E-state index in [2.05, 4.69) is 27.2 Å². The lowest BCUT2D eigenvalue weighted by molar-refractivity contribution is -0.117. The monoisotopic (exact) mass is 337 g/mol. The van der Waals surface area contributed by atoms with Crippen LogP contribution < -0.4 is 10.2 Å². The summed E-state index contributed by atoms with van der Waals surface area (Å²) in [5.41, 5.74) is 2.92. The molecule has 1 amide bonds. The third-order valence-corrected chi connectivity index (χ3v) is 5.31. The highest BCUT2D eigenvalue weighted by molar-refractivity contribution is 5.94. The number of fused-ring (bicyclic) bond motifs is 1. The molecule has 3 heterocycles. The molecule has 1 N–H and O–H groups in total. The van der Waals surface area contributed by atoms with Gasteiger partial charge >= 0.3 is 0 Å². The molecule has 1 aliphatic heterocycles. The minimum atomic E-state index is 0.0340. The molecular formula is C19H23N5O. The van der Waals surface area contributed by atoms with Crippen LogP contribution in [-0.2, 0) is 4.79 Å². The number of amides is 1. The molecule has 0 bridgehead atoms. The molecule has 2 aliphatic rings. The molecule has 25 heavy (non-hydrogen) atoms. The lowest BCUT2D eigenvalue weighted by Crippen LogP contribution is -2.51. The fourth-order valence-electron chi connectivity index (χ4n) is 4.06. The van der Waals surface area contributed by atoms with Crippen molar-refractivity contribution in [3.8, 4) is 0 Å². The SMILES string of the molecule is CC(=O)N1c2ccncc2C(Nc2nccc(C)n2)[C@@H](C)[C@@H]1C1CC1. The number of hydrogen-bond acceptors (Lipinski definition) is 5. The Labute approximate surface area is 147 Å². The van der Waals surface area contributed by atoms with Crippen molar-refractivity contribution in [2.24, 2.45) is 11.8 Å². The van der Waals surface area contributed by atoms with Crippen molar-refractivity contribution >= 4 is 17.5 Å². The van der Waals surface area contributed by atoms with Gasteiger partial charge in [-0.3, -0.25) is 9.78 Å². The van der Waals surface area contributed by atoms with Gasteiger partial charge in [0.15, 0.2) is 0 Å². The summed E-state index contributed by atoms with van der Waals surface area (Å²) in [4.78, 5) is 27.6. The zero-order valence-corrected chi connectivity index (χ0v) is 14.8. The first-order valence-electron chi connectivity index (χ1n) is 8.86. The minimum absolute atomic E-state index is 0.0340. The fraction of sp³-hybridized carbons (Fsp3) is 0.474. The zero-order chi connectivity index (χ0) is 17.6. The van der Waals surface area contributed by atoms with Gasteiger partial charge in [0.25, 0.3) is 0 Å². The highest BCUT2D eigenvalue weighted by Gasteiger charge is 2.47. The summed E-state index contributed by atoms with van der Waals surface area (Å²) >= 11 is 0. The minimum Gasteiger partial charge on any atom is -0.347 e. The first-order chi connectivity index (χ1) is 12.1. The molecule has 6 heteroatoms. The molecule has 4 rings (SSSR count). The summed E-state index contributed by atoms with van der Waals surface area (Å²) < 4.78 is 0. The number of aromatic nitrogens is 3. The number of nitrogens with one attached hydrogen (secondary N) is 1. The number of aryl methyl sites for hydroxylation is 1. The predicted molar refractivity (Wildman–Crippen MR) is 96.2 cm³/mol. The number of hydrogen-bond donors (Lipinski definition) is 1. The van der Waals surface area contributed by atoms with Crippen molar-refractivity contribution < 1.29 is 4.79 Å². The zero-order valence-electron chi connectivity index (χ0n) is 14.8. The molecule has 0 saturated heterocycles. The molecule has 0 spiro atoms. The lowest BCUT2D eigenvalue weighted by Gasteiger charge is -2.45. The average molecular weight is 337 g/mol. The lowest BCUT2D eigenvalue weighted by atomic mass is 9.80. The summed E-state index contributed by atoms with van der Waals surface area (Å²) in [5.74, 6) is 1.54. The highest BCUT2D eigenvalue weighted by Crippen LogP contribution is 2.49. The van der Waals surface area contributed by atoms with Crippen LogP contribution >= 0.6 is 0 Å². The standard InChI is InChI=1S/C19H23N5O/c1-11-6-9-21-19(22-11)23-17-12(2)18(14-4-5-14)24(13(3)25)16-7-8-20-10-15(16)17/h6-10,12,14,17-18H,4-5H2,1-3H3,(H,21,22,23)/t12-,17?,18-/m1/s1. The summed E-state index contributed by atoms with van der Waals surface area (Å²) in [6.07, 6.45) is 7.76. The summed E-state index contributed by atoms with van der Waals surface area (Å²) in [6, 6.07) is 4.07. The van der Waals surface area contributed by atoms with Gasteiger partial charge in [0.05, 0.1) is 11.7 Å². The molecule has 1 saturated carbocycles. The second-order valence-corrected chi connectivity index (χ2v) is 7.15. The Hall–Kier alpha value is -2.50. The molecule has 6 nitrogen and oxygen atoms in total. The van der Waals surface area contributed by atoms with Gasteiger partial charge in [0.2, 0.25) is 11.9 Å². The van der Waals surface area contributed by atoms with Crippen molar-refractivity contribution in [1.82, 2.24) is 15.0 Å². The average Bonchev–Trinajstić information content (AvgIpc) is 3.41. The number of carbonyl (C=O) groups is 1. The van der Waals surface area contributed by atoms with Crippen molar-refractivity contribution in [2.75, 3.05) is 10.2 Å². The highest BCUT2D eigenvalue weighted by atomic mass is 16.2. The van der Waals surface area contributed by atoms with Crippen LogP contribution in [0.2, 0.25) is 0 Å². The van der Waals surface area contributed by atoms with Crippen molar-refractivity contribution in [2.45, 2.75) is 45.7 Å². The smallest absolute Gasteiger partial charge is 0.224 e. The van der Waals surface area contributed by atoms with Crippen LogP contribution in [0.5, 0.6) is 0 Å². The van der Waals surface area contributed by atoms with E-state index in [1.54, 1.807) is 19.3 Å². The molecule has 2 aromatic rings. The van der Waals surface area contributed by atoms with Gasteiger partial charge < -0.3 is 10.2 Å². The number of nitrogens with zero attached hydrogens (tertiary/aromatic N) is 4. The molecule has 1 unspecified atom stereocenters. The van der Waals surface area contributed by atoms with Crippen LogP contribution in [0.15, 0.2) is 30.7 Å². The van der Waals surface area contributed by atoms with Gasteiger partial charge in [-0.2, -0.15) is 0 Å². The van der Waals surface area contributed by atoms with Gasteiger partial charge in [0.1, 0.15) is 0 Å². The van der Waals surface area contributed by atoms with Crippen molar-refractivity contribution in [1.29, 1.82) is 0 Å². The summed E-state index contributed by atoms with van der Waals surface area (Å²) in [7, 11) is 0. The molecule has 3 atom stereocenters. The van der Waals surface area contributed by atoms with E-state index in [-0.39, 0.29) is 23.9 Å². The molecular weight excluding hydrogens is 314 g/mol. The van der Waals surface area contributed by atoms with Gasteiger partial charge in [-0.05, 0) is 37.8 Å². The van der Waals surface area contributed by atoms with Crippen LogP contribution in [0.25, 0.3) is 0 Å². The van der Waals surface area contributed by atoms with E-state index >= 15 is 0 Å². The number of anilines is 2. The predicted octanol–water partition coefficient (Wildman–Crippen LogP) is 3.11. The molecule has 2 aromatic heterocycles. The number of carbonyl (C=O) groups excluding carboxylic acids is 1. The van der Waals surface area contributed by atoms with Crippen molar-refractivity contribution in [3.05, 3.63) is 42.0 Å². The number of pyridine rings is 1. The Morgan fingerprint density at radius 1 is 1.28 bits per heavy atom. The Balaban J connectivity index is 1.77. The summed E-state index contributed by atoms with van der Waals surface area (Å²) in [5, 5.41) is 3.50. The topological polar surface area (TPSA) is 71.0 Å². The van der Waals surface area contributed by atoms with Crippen LogP contribution in [0.1, 0.15) is 44.0 Å². The van der Waals surface area contributed by atoms with Gasteiger partial charge in [-0.25, -0.2) is 9.97 Å². The second-order valence-electron chi connectivity index (χ2n) is 7.15. The van der Waals surface area contributed by atoms with Gasteiger partial charge in [-0.1, -0.05) is 6.92 Å². The Morgan fingerprint density at radius 2 is 2.08 bits per heavy atom. The van der Waals surface area contributed by atoms with Crippen molar-refractivity contribution in [3.63, 3.8) is 0 Å². The number of rotatable bonds is 3. The van der Waals surface area contributed by atoms with E-state index in [1.165, 1.54) is 12.8 Å². The maximum Gasteiger partial charge on any atom is 0.224 e. The van der Waals surface area contributed by atoms with E-state index in [9.17, 15) is 4.79 Å². The largest absolute Gasteiger partial charge is 0.347 e. The third kappa shape index (κ3) is 2.86. The Morgan fingerprint density at radius 3 is 2.76 bits per heavy atom. The van der Waals surface area contributed by atoms with Gasteiger partial charge in [0, 0.05) is 48.7 Å². The molecule has 1 aliphatic carbocycles. The maximum atomic E-state index is 12.4. The quantitative estimate of drug-likeness (QED) is 0.932. The Kier molecular flexibility index (Phi) is 3.90. The molecule has 0 radical (unpaired) electrons. The van der Waals surface area contributed by atoms with Crippen LogP contribution in [0.3, 0.4) is 0 Å². The first kappa shape index (κ1) is 16.0. The first-order valence-corrected chi connectivity index (χ1v) is 8.86. The third-order valence-electron chi connectivity index (χ3n) is 5.31. The van der Waals surface area contributed by atoms with E-state index in [1.807, 2.05) is 30.2 Å².